The third-order valence-electron chi connectivity index (χ3n) is 3.34. The van der Waals surface area contributed by atoms with Gasteiger partial charge in [0, 0.05) is 31.2 Å². The van der Waals surface area contributed by atoms with Crippen LogP contribution in [-0.4, -0.2) is 48.4 Å². The number of nitrogens with zero attached hydrogens (tertiary/aromatic N) is 2. The van der Waals surface area contributed by atoms with Crippen molar-refractivity contribution in [3.8, 4) is 0 Å². The molecule has 4 heteroatoms. The standard InChI is InChI=1S/C13H17FN2O/c1-10-9-16(8-7-15(10)2)13(17)11-3-5-12(14)6-4-11/h3-6,10H,7-9H2,1-2H3/t10-/m0/s1. The molecule has 0 radical (unpaired) electrons. The zero-order chi connectivity index (χ0) is 12.4. The molecule has 0 bridgehead atoms. The molecule has 0 N–H and O–H groups in total. The first kappa shape index (κ1) is 12.0. The number of benzene rings is 1. The molecule has 1 amide bonds. The average Bonchev–Trinajstić information content (AvgIpc) is 2.33. The topological polar surface area (TPSA) is 23.6 Å². The normalized spacial score (nSPS) is 21.6. The first-order valence-corrected chi connectivity index (χ1v) is 5.83. The van der Waals surface area contributed by atoms with Crippen molar-refractivity contribution < 1.29 is 9.18 Å². The first-order valence-electron chi connectivity index (χ1n) is 5.83. The van der Waals surface area contributed by atoms with Gasteiger partial charge >= 0.3 is 0 Å². The van der Waals surface area contributed by atoms with Crippen LogP contribution in [0.3, 0.4) is 0 Å². The summed E-state index contributed by atoms with van der Waals surface area (Å²) in [5.74, 6) is -0.321. The lowest BCUT2D eigenvalue weighted by molar-refractivity contribution is 0.0572. The maximum absolute atomic E-state index is 12.8. The fourth-order valence-electron chi connectivity index (χ4n) is 2.01. The molecule has 3 nitrogen and oxygen atoms in total. The van der Waals surface area contributed by atoms with Crippen LogP contribution < -0.4 is 0 Å². The van der Waals surface area contributed by atoms with Gasteiger partial charge in [-0.1, -0.05) is 0 Å². The summed E-state index contributed by atoms with van der Waals surface area (Å²) in [6.07, 6.45) is 0. The number of carbonyl (C=O) groups excluding carboxylic acids is 1. The summed E-state index contributed by atoms with van der Waals surface area (Å²) in [5, 5.41) is 0. The van der Waals surface area contributed by atoms with Crippen molar-refractivity contribution in [2.75, 3.05) is 26.7 Å². The van der Waals surface area contributed by atoms with Crippen LogP contribution in [0.4, 0.5) is 4.39 Å². The summed E-state index contributed by atoms with van der Waals surface area (Å²) in [4.78, 5) is 16.2. The Morgan fingerprint density at radius 1 is 1.29 bits per heavy atom. The van der Waals surface area contributed by atoms with E-state index in [1.807, 2.05) is 4.90 Å². The molecule has 17 heavy (non-hydrogen) atoms. The summed E-state index contributed by atoms with van der Waals surface area (Å²) in [6, 6.07) is 6.11. The molecule has 1 saturated heterocycles. The van der Waals surface area contributed by atoms with E-state index in [0.29, 0.717) is 11.6 Å². The van der Waals surface area contributed by atoms with Gasteiger partial charge in [0.05, 0.1) is 0 Å². The van der Waals surface area contributed by atoms with Gasteiger partial charge in [0.15, 0.2) is 0 Å². The Bertz CT molecular complexity index is 404. The SMILES string of the molecule is C[C@H]1CN(C(=O)c2ccc(F)cc2)CCN1C. The molecular formula is C13H17FN2O. The Balaban J connectivity index is 2.08. The fourth-order valence-corrected chi connectivity index (χ4v) is 2.01. The largest absolute Gasteiger partial charge is 0.336 e. The monoisotopic (exact) mass is 236 g/mol. The van der Waals surface area contributed by atoms with Crippen molar-refractivity contribution in [2.24, 2.45) is 0 Å². The summed E-state index contributed by atoms with van der Waals surface area (Å²) >= 11 is 0. The first-order chi connectivity index (χ1) is 8.08. The quantitative estimate of drug-likeness (QED) is 0.739. The Morgan fingerprint density at radius 2 is 1.94 bits per heavy atom. The average molecular weight is 236 g/mol. The molecule has 0 aliphatic carbocycles. The molecule has 92 valence electrons. The van der Waals surface area contributed by atoms with E-state index in [2.05, 4.69) is 18.9 Å². The lowest BCUT2D eigenvalue weighted by Crippen LogP contribution is -2.52. The molecule has 0 saturated carbocycles. The van der Waals surface area contributed by atoms with Crippen molar-refractivity contribution in [1.82, 2.24) is 9.80 Å². The van der Waals surface area contributed by atoms with E-state index in [9.17, 15) is 9.18 Å². The molecule has 1 fully saturated rings. The molecule has 1 aliphatic rings. The number of halogens is 1. The van der Waals surface area contributed by atoms with Gasteiger partial charge in [-0.2, -0.15) is 0 Å². The molecule has 1 atom stereocenters. The van der Waals surface area contributed by atoms with Gasteiger partial charge in [-0.25, -0.2) is 4.39 Å². The number of piperazine rings is 1. The van der Waals surface area contributed by atoms with E-state index in [-0.39, 0.29) is 11.7 Å². The summed E-state index contributed by atoms with van der Waals surface area (Å²) in [7, 11) is 2.06. The van der Waals surface area contributed by atoms with Gasteiger partial charge in [0.1, 0.15) is 5.82 Å². The molecule has 0 spiro atoms. The third kappa shape index (κ3) is 2.64. The Morgan fingerprint density at radius 3 is 2.53 bits per heavy atom. The number of likely N-dealkylation sites (N-methyl/N-ethyl adjacent to an activating group) is 1. The van der Waals surface area contributed by atoms with Gasteiger partial charge in [-0.3, -0.25) is 4.79 Å². The number of rotatable bonds is 1. The van der Waals surface area contributed by atoms with Crippen LogP contribution in [0.1, 0.15) is 17.3 Å². The summed E-state index contributed by atoms with van der Waals surface area (Å²) in [5.41, 5.74) is 0.558. The maximum Gasteiger partial charge on any atom is 0.253 e. The minimum absolute atomic E-state index is 0.00931. The van der Waals surface area contributed by atoms with Crippen LogP contribution in [0.25, 0.3) is 0 Å². The molecule has 2 rings (SSSR count). The predicted molar refractivity (Wildman–Crippen MR) is 64.4 cm³/mol. The Labute approximate surface area is 101 Å². The Kier molecular flexibility index (Phi) is 3.43. The number of amides is 1. The smallest absolute Gasteiger partial charge is 0.253 e. The van der Waals surface area contributed by atoms with E-state index in [1.165, 1.54) is 12.1 Å². The fraction of sp³-hybridized carbons (Fsp3) is 0.462. The van der Waals surface area contributed by atoms with E-state index in [1.54, 1.807) is 12.1 Å². The lowest BCUT2D eigenvalue weighted by Gasteiger charge is -2.37. The van der Waals surface area contributed by atoms with Crippen LogP contribution in [0.15, 0.2) is 24.3 Å². The van der Waals surface area contributed by atoms with Gasteiger partial charge in [-0.15, -0.1) is 0 Å². The van der Waals surface area contributed by atoms with Crippen molar-refractivity contribution in [3.63, 3.8) is 0 Å². The van der Waals surface area contributed by atoms with E-state index >= 15 is 0 Å². The van der Waals surface area contributed by atoms with Gasteiger partial charge in [0.2, 0.25) is 0 Å². The molecule has 1 heterocycles. The van der Waals surface area contributed by atoms with Gasteiger partial charge in [0.25, 0.3) is 5.91 Å². The third-order valence-corrected chi connectivity index (χ3v) is 3.34. The van der Waals surface area contributed by atoms with Crippen LogP contribution in [0, 0.1) is 5.82 Å². The molecule has 0 unspecified atom stereocenters. The molecule has 1 aliphatic heterocycles. The van der Waals surface area contributed by atoms with Crippen molar-refractivity contribution >= 4 is 5.91 Å². The number of hydrogen-bond donors (Lipinski definition) is 0. The number of hydrogen-bond acceptors (Lipinski definition) is 2. The van der Waals surface area contributed by atoms with Gasteiger partial charge in [-0.05, 0) is 38.2 Å². The minimum atomic E-state index is -0.312. The van der Waals surface area contributed by atoms with Crippen LogP contribution in [-0.2, 0) is 0 Å². The highest BCUT2D eigenvalue weighted by Gasteiger charge is 2.24. The summed E-state index contributed by atoms with van der Waals surface area (Å²) in [6.45, 7) is 4.45. The van der Waals surface area contributed by atoms with E-state index < -0.39 is 0 Å². The predicted octanol–water partition coefficient (Wildman–Crippen LogP) is 1.60. The van der Waals surface area contributed by atoms with Crippen LogP contribution in [0.5, 0.6) is 0 Å². The molecular weight excluding hydrogens is 219 g/mol. The highest BCUT2D eigenvalue weighted by atomic mass is 19.1. The molecule has 1 aromatic rings. The van der Waals surface area contributed by atoms with Crippen molar-refractivity contribution in [1.29, 1.82) is 0 Å². The second-order valence-corrected chi connectivity index (χ2v) is 4.59. The van der Waals surface area contributed by atoms with E-state index in [4.69, 9.17) is 0 Å². The second kappa shape index (κ2) is 4.84. The molecule has 0 aromatic heterocycles. The van der Waals surface area contributed by atoms with Crippen molar-refractivity contribution in [3.05, 3.63) is 35.6 Å². The molecule has 1 aromatic carbocycles. The zero-order valence-electron chi connectivity index (χ0n) is 10.2. The highest BCUT2D eigenvalue weighted by molar-refractivity contribution is 5.94. The second-order valence-electron chi connectivity index (χ2n) is 4.59. The zero-order valence-corrected chi connectivity index (χ0v) is 10.2. The number of carbonyl (C=O) groups is 1. The van der Waals surface area contributed by atoms with Crippen molar-refractivity contribution in [2.45, 2.75) is 13.0 Å². The van der Waals surface area contributed by atoms with E-state index in [0.717, 1.165) is 19.6 Å². The van der Waals surface area contributed by atoms with Crippen LogP contribution in [0.2, 0.25) is 0 Å². The summed E-state index contributed by atoms with van der Waals surface area (Å²) < 4.78 is 12.8. The maximum atomic E-state index is 12.8. The lowest BCUT2D eigenvalue weighted by atomic mass is 10.1. The van der Waals surface area contributed by atoms with Crippen LogP contribution >= 0.6 is 0 Å². The minimum Gasteiger partial charge on any atom is -0.336 e. The Hall–Kier alpha value is -1.42. The highest BCUT2D eigenvalue weighted by Crippen LogP contribution is 2.12. The van der Waals surface area contributed by atoms with Gasteiger partial charge < -0.3 is 9.80 Å².